The SMILES string of the molecule is CCNC(C)c1cccc(F)c1-n1ccc(C(=O)NC)n1. The maximum absolute atomic E-state index is 14.2. The maximum atomic E-state index is 14.2. The van der Waals surface area contributed by atoms with Crippen LogP contribution >= 0.6 is 0 Å². The van der Waals surface area contributed by atoms with Gasteiger partial charge in [-0.3, -0.25) is 4.79 Å². The summed E-state index contributed by atoms with van der Waals surface area (Å²) in [4.78, 5) is 11.6. The van der Waals surface area contributed by atoms with Gasteiger partial charge >= 0.3 is 0 Å². The average molecular weight is 290 g/mol. The Morgan fingerprint density at radius 3 is 2.86 bits per heavy atom. The summed E-state index contributed by atoms with van der Waals surface area (Å²) in [6, 6.07) is 6.46. The Hall–Kier alpha value is -2.21. The zero-order valence-electron chi connectivity index (χ0n) is 12.4. The number of halogens is 1. The molecule has 2 aromatic rings. The van der Waals surface area contributed by atoms with E-state index in [1.165, 1.54) is 17.8 Å². The van der Waals surface area contributed by atoms with Crippen LogP contribution in [0, 0.1) is 5.82 Å². The number of rotatable bonds is 5. The molecule has 1 atom stereocenters. The topological polar surface area (TPSA) is 59.0 Å². The van der Waals surface area contributed by atoms with Gasteiger partial charge in [-0.25, -0.2) is 9.07 Å². The van der Waals surface area contributed by atoms with E-state index in [1.54, 1.807) is 18.3 Å². The van der Waals surface area contributed by atoms with E-state index in [4.69, 9.17) is 0 Å². The Bertz CT molecular complexity index is 638. The van der Waals surface area contributed by atoms with Crippen molar-refractivity contribution in [3.05, 3.63) is 47.5 Å². The number of aromatic nitrogens is 2. The van der Waals surface area contributed by atoms with Gasteiger partial charge < -0.3 is 10.6 Å². The Morgan fingerprint density at radius 2 is 2.19 bits per heavy atom. The minimum Gasteiger partial charge on any atom is -0.354 e. The van der Waals surface area contributed by atoms with Crippen molar-refractivity contribution in [2.45, 2.75) is 19.9 Å². The standard InChI is InChI=1S/C15H19FN4O/c1-4-18-10(2)11-6-5-7-12(16)14(11)20-9-8-13(19-20)15(21)17-3/h5-10,18H,4H2,1-3H3,(H,17,21). The van der Waals surface area contributed by atoms with Gasteiger partial charge in [-0.05, 0) is 31.2 Å². The van der Waals surface area contributed by atoms with E-state index in [-0.39, 0.29) is 23.5 Å². The van der Waals surface area contributed by atoms with Crippen molar-refractivity contribution < 1.29 is 9.18 Å². The summed E-state index contributed by atoms with van der Waals surface area (Å²) in [6.07, 6.45) is 1.59. The van der Waals surface area contributed by atoms with E-state index in [0.717, 1.165) is 12.1 Å². The third kappa shape index (κ3) is 3.11. The molecule has 0 radical (unpaired) electrons. The molecule has 21 heavy (non-hydrogen) atoms. The molecule has 0 aliphatic rings. The molecule has 0 saturated carbocycles. The zero-order chi connectivity index (χ0) is 15.4. The lowest BCUT2D eigenvalue weighted by molar-refractivity contribution is 0.0957. The number of nitrogens with zero attached hydrogens (tertiary/aromatic N) is 2. The van der Waals surface area contributed by atoms with Crippen LogP contribution in [-0.2, 0) is 0 Å². The summed E-state index contributed by atoms with van der Waals surface area (Å²) in [6.45, 7) is 4.73. The summed E-state index contributed by atoms with van der Waals surface area (Å²) in [5.41, 5.74) is 1.41. The first-order valence-corrected chi connectivity index (χ1v) is 6.88. The quantitative estimate of drug-likeness (QED) is 0.886. The lowest BCUT2D eigenvalue weighted by Gasteiger charge is -2.17. The van der Waals surface area contributed by atoms with E-state index in [9.17, 15) is 9.18 Å². The molecule has 1 aromatic heterocycles. The lowest BCUT2D eigenvalue weighted by atomic mass is 10.1. The normalized spacial score (nSPS) is 12.2. The summed E-state index contributed by atoms with van der Waals surface area (Å²) in [7, 11) is 1.53. The van der Waals surface area contributed by atoms with Crippen molar-refractivity contribution in [2.24, 2.45) is 0 Å². The van der Waals surface area contributed by atoms with Crippen molar-refractivity contribution in [3.63, 3.8) is 0 Å². The highest BCUT2D eigenvalue weighted by Gasteiger charge is 2.17. The molecule has 0 spiro atoms. The minimum atomic E-state index is -0.371. The van der Waals surface area contributed by atoms with Gasteiger partial charge in [0.15, 0.2) is 5.69 Å². The second-order valence-corrected chi connectivity index (χ2v) is 4.68. The third-order valence-electron chi connectivity index (χ3n) is 3.27. The highest BCUT2D eigenvalue weighted by atomic mass is 19.1. The number of benzene rings is 1. The highest BCUT2D eigenvalue weighted by Crippen LogP contribution is 2.24. The van der Waals surface area contributed by atoms with Crippen LogP contribution in [0.3, 0.4) is 0 Å². The first-order chi connectivity index (χ1) is 10.1. The van der Waals surface area contributed by atoms with Gasteiger partial charge in [0.2, 0.25) is 0 Å². The predicted molar refractivity (Wildman–Crippen MR) is 79.0 cm³/mol. The van der Waals surface area contributed by atoms with Crippen LogP contribution < -0.4 is 10.6 Å². The summed E-state index contributed by atoms with van der Waals surface area (Å²) in [5, 5.41) is 9.90. The van der Waals surface area contributed by atoms with Gasteiger partial charge in [0.05, 0.1) is 0 Å². The molecule has 112 valence electrons. The Balaban J connectivity index is 2.47. The average Bonchev–Trinajstić information content (AvgIpc) is 2.95. The van der Waals surface area contributed by atoms with E-state index < -0.39 is 0 Å². The summed E-state index contributed by atoms with van der Waals surface area (Å²) >= 11 is 0. The number of hydrogen-bond donors (Lipinski definition) is 2. The Labute approximate surface area is 123 Å². The van der Waals surface area contributed by atoms with Crippen LogP contribution in [0.5, 0.6) is 0 Å². The van der Waals surface area contributed by atoms with E-state index in [0.29, 0.717) is 5.69 Å². The van der Waals surface area contributed by atoms with Gasteiger partial charge in [0.1, 0.15) is 11.5 Å². The molecular weight excluding hydrogens is 271 g/mol. The van der Waals surface area contributed by atoms with Crippen molar-refractivity contribution >= 4 is 5.91 Å². The largest absolute Gasteiger partial charge is 0.354 e. The monoisotopic (exact) mass is 290 g/mol. The van der Waals surface area contributed by atoms with Crippen molar-refractivity contribution in [1.82, 2.24) is 20.4 Å². The van der Waals surface area contributed by atoms with E-state index in [1.807, 2.05) is 19.9 Å². The number of amides is 1. The first kappa shape index (κ1) is 15.2. The molecule has 1 heterocycles. The fourth-order valence-corrected chi connectivity index (χ4v) is 2.24. The predicted octanol–water partition coefficient (Wildman–Crippen LogP) is 2.04. The van der Waals surface area contributed by atoms with Crippen LogP contribution in [-0.4, -0.2) is 29.3 Å². The van der Waals surface area contributed by atoms with Crippen molar-refractivity contribution in [1.29, 1.82) is 0 Å². The van der Waals surface area contributed by atoms with Gasteiger partial charge in [-0.2, -0.15) is 5.10 Å². The summed E-state index contributed by atoms with van der Waals surface area (Å²) in [5.74, 6) is -0.671. The number of hydrogen-bond acceptors (Lipinski definition) is 3. The number of carbonyl (C=O) groups is 1. The maximum Gasteiger partial charge on any atom is 0.271 e. The molecule has 2 rings (SSSR count). The fourth-order valence-electron chi connectivity index (χ4n) is 2.24. The highest BCUT2D eigenvalue weighted by molar-refractivity contribution is 5.91. The molecule has 6 heteroatoms. The molecule has 0 saturated heterocycles. The van der Waals surface area contributed by atoms with Gasteiger partial charge in [0.25, 0.3) is 5.91 Å². The van der Waals surface area contributed by atoms with Crippen LogP contribution in [0.15, 0.2) is 30.5 Å². The fraction of sp³-hybridized carbons (Fsp3) is 0.333. The molecule has 1 amide bonds. The number of para-hydroxylation sites is 1. The first-order valence-electron chi connectivity index (χ1n) is 6.88. The molecule has 0 aliphatic heterocycles. The molecule has 0 fully saturated rings. The molecule has 1 aromatic carbocycles. The Kier molecular flexibility index (Phi) is 4.70. The van der Waals surface area contributed by atoms with Gasteiger partial charge in [0, 0.05) is 19.3 Å². The van der Waals surface area contributed by atoms with Crippen LogP contribution in [0.1, 0.15) is 35.9 Å². The zero-order valence-corrected chi connectivity index (χ0v) is 12.4. The van der Waals surface area contributed by atoms with Crippen molar-refractivity contribution in [3.8, 4) is 5.69 Å². The van der Waals surface area contributed by atoms with E-state index in [2.05, 4.69) is 15.7 Å². The molecule has 0 bridgehead atoms. The molecule has 2 N–H and O–H groups in total. The lowest BCUT2D eigenvalue weighted by Crippen LogP contribution is -2.21. The van der Waals surface area contributed by atoms with E-state index >= 15 is 0 Å². The molecule has 0 aliphatic carbocycles. The number of carbonyl (C=O) groups excluding carboxylic acids is 1. The third-order valence-corrected chi connectivity index (χ3v) is 3.27. The molecular formula is C15H19FN4O. The number of nitrogens with one attached hydrogen (secondary N) is 2. The van der Waals surface area contributed by atoms with Gasteiger partial charge in [-0.1, -0.05) is 19.1 Å². The smallest absolute Gasteiger partial charge is 0.271 e. The molecule has 5 nitrogen and oxygen atoms in total. The summed E-state index contributed by atoms with van der Waals surface area (Å²) < 4.78 is 15.6. The second kappa shape index (κ2) is 6.49. The Morgan fingerprint density at radius 1 is 1.43 bits per heavy atom. The molecule has 1 unspecified atom stereocenters. The van der Waals surface area contributed by atoms with Gasteiger partial charge in [-0.15, -0.1) is 0 Å². The van der Waals surface area contributed by atoms with Crippen LogP contribution in [0.2, 0.25) is 0 Å². The minimum absolute atomic E-state index is 0.0200. The van der Waals surface area contributed by atoms with Crippen LogP contribution in [0.4, 0.5) is 4.39 Å². The second-order valence-electron chi connectivity index (χ2n) is 4.68. The van der Waals surface area contributed by atoms with Crippen molar-refractivity contribution in [2.75, 3.05) is 13.6 Å². The van der Waals surface area contributed by atoms with Crippen LogP contribution in [0.25, 0.3) is 5.69 Å².